The van der Waals surface area contributed by atoms with Crippen molar-refractivity contribution in [2.45, 2.75) is 46.1 Å². The van der Waals surface area contributed by atoms with Gasteiger partial charge < -0.3 is 4.74 Å². The molecule has 1 aromatic rings. The molecule has 116 valence electrons. The smallest absolute Gasteiger partial charge is 0.311 e. The summed E-state index contributed by atoms with van der Waals surface area (Å²) in [5.41, 5.74) is 1.65. The molecular weight excluding hydrogens is 284 g/mol. The van der Waals surface area contributed by atoms with Crippen molar-refractivity contribution in [3.8, 4) is 0 Å². The highest BCUT2D eigenvalue weighted by molar-refractivity contribution is 6.19. The predicted octanol–water partition coefficient (Wildman–Crippen LogP) is 4.76. The second kappa shape index (κ2) is 8.23. The van der Waals surface area contributed by atoms with Gasteiger partial charge in [-0.1, -0.05) is 42.5 Å². The Hall–Kier alpha value is -1.28. The van der Waals surface area contributed by atoms with Gasteiger partial charge in [0.05, 0.1) is 5.41 Å². The highest BCUT2D eigenvalue weighted by atomic mass is 35.5. The summed E-state index contributed by atoms with van der Waals surface area (Å²) in [5, 5.41) is 0. The first kappa shape index (κ1) is 17.8. The Morgan fingerprint density at radius 1 is 1.29 bits per heavy atom. The van der Waals surface area contributed by atoms with Crippen molar-refractivity contribution < 1.29 is 9.53 Å². The Morgan fingerprint density at radius 3 is 2.43 bits per heavy atom. The molecule has 3 heteroatoms. The lowest BCUT2D eigenvalue weighted by atomic mass is 9.96. The molecule has 0 unspecified atom stereocenters. The summed E-state index contributed by atoms with van der Waals surface area (Å²) in [6.45, 7) is 9.50. The molecule has 0 aliphatic carbocycles. The summed E-state index contributed by atoms with van der Waals surface area (Å²) in [6, 6.07) is 10.2. The van der Waals surface area contributed by atoms with E-state index in [1.54, 1.807) is 0 Å². The van der Waals surface area contributed by atoms with Crippen LogP contribution in [0.1, 0.15) is 39.2 Å². The Bertz CT molecular complexity index is 460. The fourth-order valence-electron chi connectivity index (χ4n) is 1.88. The van der Waals surface area contributed by atoms with E-state index in [0.29, 0.717) is 12.3 Å². The third-order valence-electron chi connectivity index (χ3n) is 3.19. The van der Waals surface area contributed by atoms with Crippen molar-refractivity contribution in [3.05, 3.63) is 48.0 Å². The van der Waals surface area contributed by atoms with Crippen LogP contribution in [0.2, 0.25) is 0 Å². The van der Waals surface area contributed by atoms with Gasteiger partial charge >= 0.3 is 5.97 Å². The number of halogens is 1. The van der Waals surface area contributed by atoms with E-state index in [4.69, 9.17) is 16.3 Å². The number of hydrogen-bond acceptors (Lipinski definition) is 2. The topological polar surface area (TPSA) is 26.3 Å². The highest BCUT2D eigenvalue weighted by Crippen LogP contribution is 2.21. The fraction of sp³-hybridized carbons (Fsp3) is 0.500. The zero-order chi connectivity index (χ0) is 15.9. The number of carbonyl (C=O) groups excluding carboxylic acids is 1. The molecule has 2 nitrogen and oxygen atoms in total. The monoisotopic (exact) mass is 308 g/mol. The highest BCUT2D eigenvalue weighted by Gasteiger charge is 2.26. The van der Waals surface area contributed by atoms with Crippen LogP contribution in [0.4, 0.5) is 0 Å². The molecule has 0 N–H and O–H groups in total. The number of ether oxygens (including phenoxy) is 1. The van der Waals surface area contributed by atoms with Crippen molar-refractivity contribution in [2.24, 2.45) is 5.41 Å². The lowest BCUT2D eigenvalue weighted by Gasteiger charge is -2.24. The minimum absolute atomic E-state index is 0.164. The van der Waals surface area contributed by atoms with Crippen LogP contribution >= 0.6 is 11.6 Å². The zero-order valence-corrected chi connectivity index (χ0v) is 14.0. The first-order chi connectivity index (χ1) is 9.82. The van der Waals surface area contributed by atoms with Crippen LogP contribution in [0.25, 0.3) is 0 Å². The molecule has 0 radical (unpaired) electrons. The van der Waals surface area contributed by atoms with Crippen molar-refractivity contribution in [1.82, 2.24) is 0 Å². The maximum absolute atomic E-state index is 12.1. The largest absolute Gasteiger partial charge is 0.462 e. The van der Waals surface area contributed by atoms with E-state index in [2.05, 4.69) is 18.7 Å². The molecule has 0 saturated heterocycles. The number of esters is 1. The van der Waals surface area contributed by atoms with E-state index in [-0.39, 0.29) is 12.1 Å². The molecule has 0 aromatic heterocycles. The zero-order valence-electron chi connectivity index (χ0n) is 13.2. The molecule has 0 heterocycles. The van der Waals surface area contributed by atoms with Gasteiger partial charge in [0, 0.05) is 12.3 Å². The molecule has 0 spiro atoms. The summed E-state index contributed by atoms with van der Waals surface area (Å²) >= 11 is 5.80. The molecule has 0 aliphatic heterocycles. The second-order valence-electron chi connectivity index (χ2n) is 6.39. The first-order valence-electron chi connectivity index (χ1n) is 7.30. The third-order valence-corrected chi connectivity index (χ3v) is 3.57. The number of hydrogen-bond donors (Lipinski definition) is 0. The quantitative estimate of drug-likeness (QED) is 0.412. The van der Waals surface area contributed by atoms with E-state index < -0.39 is 5.41 Å². The van der Waals surface area contributed by atoms with Crippen molar-refractivity contribution in [1.29, 1.82) is 0 Å². The van der Waals surface area contributed by atoms with Gasteiger partial charge in [-0.25, -0.2) is 0 Å². The average Bonchev–Trinajstić information content (AvgIpc) is 2.44. The molecule has 0 fully saturated rings. The molecule has 1 aromatic carbocycles. The van der Waals surface area contributed by atoms with Crippen LogP contribution < -0.4 is 0 Å². The van der Waals surface area contributed by atoms with Crippen LogP contribution in [0.5, 0.6) is 0 Å². The molecule has 0 aliphatic rings. The van der Waals surface area contributed by atoms with Crippen molar-refractivity contribution >= 4 is 17.6 Å². The minimum Gasteiger partial charge on any atom is -0.462 e. The lowest BCUT2D eigenvalue weighted by Crippen LogP contribution is -2.29. The fourth-order valence-corrected chi connectivity index (χ4v) is 1.99. The Kier molecular flexibility index (Phi) is 6.97. The predicted molar refractivity (Wildman–Crippen MR) is 88.6 cm³/mol. The van der Waals surface area contributed by atoms with E-state index in [1.165, 1.54) is 5.56 Å². The molecule has 0 bridgehead atoms. The van der Waals surface area contributed by atoms with Gasteiger partial charge in [0.1, 0.15) is 6.10 Å². The van der Waals surface area contributed by atoms with Crippen LogP contribution in [-0.4, -0.2) is 18.0 Å². The molecule has 21 heavy (non-hydrogen) atoms. The summed E-state index contributed by atoms with van der Waals surface area (Å²) in [7, 11) is 0. The average molecular weight is 309 g/mol. The van der Waals surface area contributed by atoms with Gasteiger partial charge in [-0.2, -0.15) is 0 Å². The molecule has 0 amide bonds. The Labute approximate surface area is 133 Å². The molecule has 1 atom stereocenters. The number of alkyl halides is 1. The summed E-state index contributed by atoms with van der Waals surface area (Å²) in [4.78, 5) is 12.1. The van der Waals surface area contributed by atoms with E-state index in [1.807, 2.05) is 39.0 Å². The van der Waals surface area contributed by atoms with Crippen molar-refractivity contribution in [3.63, 3.8) is 0 Å². The van der Waals surface area contributed by atoms with Gasteiger partial charge in [0.15, 0.2) is 0 Å². The van der Waals surface area contributed by atoms with Crippen LogP contribution in [0.15, 0.2) is 42.5 Å². The second-order valence-corrected chi connectivity index (χ2v) is 6.66. The van der Waals surface area contributed by atoms with Crippen molar-refractivity contribution in [2.75, 3.05) is 5.88 Å². The summed E-state index contributed by atoms with van der Waals surface area (Å²) in [5.74, 6) is 0.220. The molecular formula is C18H25ClO2. The maximum atomic E-state index is 12.1. The van der Waals surface area contributed by atoms with Gasteiger partial charge in [-0.3, -0.25) is 4.79 Å². The van der Waals surface area contributed by atoms with Gasteiger partial charge in [-0.15, -0.1) is 11.6 Å². The maximum Gasteiger partial charge on any atom is 0.311 e. The van der Waals surface area contributed by atoms with E-state index in [0.717, 1.165) is 18.4 Å². The van der Waals surface area contributed by atoms with E-state index >= 15 is 0 Å². The standard InChI is InChI=1S/C18H25ClO2/c1-14(13-19)12-16(21-17(20)18(2,3)4)11-10-15-8-6-5-7-9-15/h5-9,16H,1,10-13H2,2-4H3/t16-/m1/s1. The SMILES string of the molecule is C=C(CCl)C[C@@H](CCc1ccccc1)OC(=O)C(C)(C)C. The summed E-state index contributed by atoms with van der Waals surface area (Å²) < 4.78 is 5.65. The van der Waals surface area contributed by atoms with Crippen LogP contribution in [-0.2, 0) is 16.0 Å². The first-order valence-corrected chi connectivity index (χ1v) is 7.84. The Morgan fingerprint density at radius 2 is 1.90 bits per heavy atom. The van der Waals surface area contributed by atoms with Crippen LogP contribution in [0.3, 0.4) is 0 Å². The normalized spacial score (nSPS) is 12.8. The Balaban J connectivity index is 2.64. The van der Waals surface area contributed by atoms with Gasteiger partial charge in [-0.05, 0) is 39.2 Å². The summed E-state index contributed by atoms with van der Waals surface area (Å²) in [6.07, 6.45) is 2.11. The number of carbonyl (C=O) groups is 1. The number of benzene rings is 1. The third kappa shape index (κ3) is 6.81. The van der Waals surface area contributed by atoms with Gasteiger partial charge in [0.25, 0.3) is 0 Å². The lowest BCUT2D eigenvalue weighted by molar-refractivity contribution is -0.158. The molecule has 0 saturated carbocycles. The number of aryl methyl sites for hydroxylation is 1. The van der Waals surface area contributed by atoms with Crippen LogP contribution in [0, 0.1) is 5.41 Å². The van der Waals surface area contributed by atoms with Gasteiger partial charge in [0.2, 0.25) is 0 Å². The minimum atomic E-state index is -0.493. The number of rotatable bonds is 7. The molecule has 1 rings (SSSR count). The van der Waals surface area contributed by atoms with E-state index in [9.17, 15) is 4.79 Å².